The van der Waals surface area contributed by atoms with Gasteiger partial charge in [0.1, 0.15) is 0 Å². The van der Waals surface area contributed by atoms with Crippen molar-refractivity contribution in [3.63, 3.8) is 0 Å². The van der Waals surface area contributed by atoms with Crippen LogP contribution in [0.4, 0.5) is 0 Å². The third kappa shape index (κ3) is 5.06. The van der Waals surface area contributed by atoms with Crippen molar-refractivity contribution in [1.29, 1.82) is 0 Å². The second-order valence-electron chi connectivity index (χ2n) is 8.06. The zero-order valence-corrected chi connectivity index (χ0v) is 19.4. The number of thioether (sulfide) groups is 1. The van der Waals surface area contributed by atoms with E-state index in [1.165, 1.54) is 16.3 Å². The number of hydrogen-bond donors (Lipinski definition) is 0. The molecule has 32 heavy (non-hydrogen) atoms. The SMILES string of the molecule is COCc1nc(SCC(=O)N2CCC3(CC2)OCCO3)n(C)c(=O)c1Cc1ccccc1. The molecule has 1 aromatic carbocycles. The normalized spacial score (nSPS) is 17.8. The van der Waals surface area contributed by atoms with Gasteiger partial charge in [-0.1, -0.05) is 42.1 Å². The molecule has 0 unspecified atom stereocenters. The number of hydrogen-bond acceptors (Lipinski definition) is 7. The smallest absolute Gasteiger partial charge is 0.257 e. The van der Waals surface area contributed by atoms with Crippen LogP contribution in [0, 0.1) is 0 Å². The fraction of sp³-hybridized carbons (Fsp3) is 0.522. The number of carbonyl (C=O) groups is 1. The highest BCUT2D eigenvalue weighted by molar-refractivity contribution is 7.99. The second kappa shape index (κ2) is 10.2. The molecule has 0 bridgehead atoms. The third-order valence-corrected chi connectivity index (χ3v) is 6.96. The first kappa shape index (κ1) is 23.0. The molecule has 1 amide bonds. The van der Waals surface area contributed by atoms with E-state index < -0.39 is 5.79 Å². The van der Waals surface area contributed by atoms with Crippen LogP contribution in [0.1, 0.15) is 29.7 Å². The Hall–Kier alpha value is -2.20. The van der Waals surface area contributed by atoms with E-state index in [0.29, 0.717) is 62.0 Å². The predicted octanol–water partition coefficient (Wildman–Crippen LogP) is 1.98. The summed E-state index contributed by atoms with van der Waals surface area (Å²) in [5.74, 6) is -0.253. The number of aromatic nitrogens is 2. The molecule has 2 fully saturated rings. The summed E-state index contributed by atoms with van der Waals surface area (Å²) in [5, 5.41) is 0.517. The lowest BCUT2D eigenvalue weighted by Gasteiger charge is -2.37. The van der Waals surface area contributed by atoms with Crippen molar-refractivity contribution >= 4 is 17.7 Å². The Balaban J connectivity index is 1.44. The van der Waals surface area contributed by atoms with E-state index in [1.54, 1.807) is 14.2 Å². The maximum absolute atomic E-state index is 13.1. The molecule has 2 aliphatic heterocycles. The number of rotatable bonds is 7. The number of carbonyl (C=O) groups excluding carboxylic acids is 1. The summed E-state index contributed by atoms with van der Waals surface area (Å²) in [5.41, 5.74) is 2.16. The van der Waals surface area contributed by atoms with Gasteiger partial charge in [0.15, 0.2) is 10.9 Å². The van der Waals surface area contributed by atoms with Crippen molar-refractivity contribution in [1.82, 2.24) is 14.5 Å². The van der Waals surface area contributed by atoms with Crippen molar-refractivity contribution in [2.24, 2.45) is 7.05 Å². The van der Waals surface area contributed by atoms with E-state index in [4.69, 9.17) is 14.2 Å². The van der Waals surface area contributed by atoms with Crippen LogP contribution < -0.4 is 5.56 Å². The lowest BCUT2D eigenvalue weighted by atomic mass is 10.0. The van der Waals surface area contributed by atoms with Gasteiger partial charge in [-0.3, -0.25) is 14.2 Å². The van der Waals surface area contributed by atoms with Crippen molar-refractivity contribution in [3.05, 3.63) is 57.5 Å². The van der Waals surface area contributed by atoms with Gasteiger partial charge in [0.2, 0.25) is 5.91 Å². The maximum Gasteiger partial charge on any atom is 0.257 e. The molecule has 0 radical (unpaired) electrons. The minimum absolute atomic E-state index is 0.0266. The standard InChI is InChI=1S/C23H29N3O5S/c1-25-21(28)18(14-17-6-4-3-5-7-17)19(15-29-2)24-22(25)32-16-20(27)26-10-8-23(9-11-26)30-12-13-31-23/h3-7H,8-16H2,1-2H3. The first-order valence-corrected chi connectivity index (χ1v) is 11.8. The largest absolute Gasteiger partial charge is 0.378 e. The van der Waals surface area contributed by atoms with Crippen molar-refractivity contribution in [2.75, 3.05) is 39.2 Å². The lowest BCUT2D eigenvalue weighted by Crippen LogP contribution is -2.47. The minimum Gasteiger partial charge on any atom is -0.378 e. The summed E-state index contributed by atoms with van der Waals surface area (Å²) >= 11 is 1.28. The summed E-state index contributed by atoms with van der Waals surface area (Å²) < 4.78 is 18.3. The molecular weight excluding hydrogens is 430 g/mol. The first-order chi connectivity index (χ1) is 15.5. The highest BCUT2D eigenvalue weighted by Gasteiger charge is 2.40. The Morgan fingerprint density at radius 3 is 2.53 bits per heavy atom. The van der Waals surface area contributed by atoms with Gasteiger partial charge in [0, 0.05) is 52.1 Å². The molecule has 0 saturated carbocycles. The highest BCUT2D eigenvalue weighted by Crippen LogP contribution is 2.31. The first-order valence-electron chi connectivity index (χ1n) is 10.8. The van der Waals surface area contributed by atoms with Crippen LogP contribution in [0.15, 0.2) is 40.3 Å². The predicted molar refractivity (Wildman–Crippen MR) is 121 cm³/mol. The zero-order valence-electron chi connectivity index (χ0n) is 18.5. The molecule has 1 spiro atoms. The van der Waals surface area contributed by atoms with Gasteiger partial charge in [-0.25, -0.2) is 4.98 Å². The fourth-order valence-electron chi connectivity index (χ4n) is 4.13. The Morgan fingerprint density at radius 1 is 1.19 bits per heavy atom. The highest BCUT2D eigenvalue weighted by atomic mass is 32.2. The zero-order chi connectivity index (χ0) is 22.6. The molecule has 2 aliphatic rings. The summed E-state index contributed by atoms with van der Waals surface area (Å²) in [6.07, 6.45) is 1.86. The molecule has 8 nitrogen and oxygen atoms in total. The number of amides is 1. The summed E-state index contributed by atoms with van der Waals surface area (Å²) in [7, 11) is 3.29. The monoisotopic (exact) mass is 459 g/mol. The average Bonchev–Trinajstić information content (AvgIpc) is 3.26. The fourth-order valence-corrected chi connectivity index (χ4v) is 5.02. The number of ether oxygens (including phenoxy) is 3. The van der Waals surface area contributed by atoms with Crippen LogP contribution in [0.3, 0.4) is 0 Å². The molecule has 3 heterocycles. The van der Waals surface area contributed by atoms with Gasteiger partial charge in [-0.15, -0.1) is 0 Å². The third-order valence-electron chi connectivity index (χ3n) is 5.95. The van der Waals surface area contributed by atoms with E-state index in [9.17, 15) is 9.59 Å². The summed E-state index contributed by atoms with van der Waals surface area (Å²) in [6.45, 7) is 2.70. The van der Waals surface area contributed by atoms with Gasteiger partial charge in [0.05, 0.1) is 31.3 Å². The topological polar surface area (TPSA) is 82.9 Å². The van der Waals surface area contributed by atoms with E-state index in [1.807, 2.05) is 35.2 Å². The molecule has 172 valence electrons. The maximum atomic E-state index is 13.1. The van der Waals surface area contributed by atoms with E-state index in [-0.39, 0.29) is 23.8 Å². The molecule has 2 aromatic rings. The van der Waals surface area contributed by atoms with Crippen molar-refractivity contribution in [2.45, 2.75) is 36.8 Å². The van der Waals surface area contributed by atoms with E-state index >= 15 is 0 Å². The number of likely N-dealkylation sites (tertiary alicyclic amines) is 1. The Kier molecular flexibility index (Phi) is 7.30. The Bertz CT molecular complexity index is 995. The van der Waals surface area contributed by atoms with Crippen molar-refractivity contribution < 1.29 is 19.0 Å². The molecule has 0 N–H and O–H groups in total. The molecular formula is C23H29N3O5S. The van der Waals surface area contributed by atoms with Gasteiger partial charge in [-0.2, -0.15) is 0 Å². The van der Waals surface area contributed by atoms with Crippen LogP contribution in [0.2, 0.25) is 0 Å². The summed E-state index contributed by atoms with van der Waals surface area (Å²) in [4.78, 5) is 32.4. The molecule has 0 atom stereocenters. The molecule has 1 aromatic heterocycles. The Labute approximate surface area is 191 Å². The van der Waals surface area contributed by atoms with E-state index in [2.05, 4.69) is 4.98 Å². The molecule has 0 aliphatic carbocycles. The van der Waals surface area contributed by atoms with Gasteiger partial charge < -0.3 is 19.1 Å². The number of nitrogens with zero attached hydrogens (tertiary/aromatic N) is 3. The number of methoxy groups -OCH3 is 1. The molecule has 2 saturated heterocycles. The molecule has 4 rings (SSSR count). The van der Waals surface area contributed by atoms with Gasteiger partial charge >= 0.3 is 0 Å². The van der Waals surface area contributed by atoms with Gasteiger partial charge in [0.25, 0.3) is 5.56 Å². The van der Waals surface area contributed by atoms with Crippen LogP contribution in [0.25, 0.3) is 0 Å². The van der Waals surface area contributed by atoms with Crippen LogP contribution >= 0.6 is 11.8 Å². The van der Waals surface area contributed by atoms with Crippen LogP contribution in [-0.2, 0) is 39.1 Å². The van der Waals surface area contributed by atoms with Gasteiger partial charge in [-0.05, 0) is 5.56 Å². The van der Waals surface area contributed by atoms with E-state index in [0.717, 1.165) is 5.56 Å². The van der Waals surface area contributed by atoms with Crippen molar-refractivity contribution in [3.8, 4) is 0 Å². The van der Waals surface area contributed by atoms with Crippen LogP contribution in [0.5, 0.6) is 0 Å². The quantitative estimate of drug-likeness (QED) is 0.462. The van der Waals surface area contributed by atoms with Crippen LogP contribution in [-0.4, -0.2) is 65.3 Å². The lowest BCUT2D eigenvalue weighted by molar-refractivity contribution is -0.186. The number of piperidine rings is 1. The summed E-state index contributed by atoms with van der Waals surface area (Å²) in [6, 6.07) is 9.82. The second-order valence-corrected chi connectivity index (χ2v) is 9.00. The Morgan fingerprint density at radius 2 is 1.88 bits per heavy atom. The molecule has 9 heteroatoms. The minimum atomic E-state index is -0.501. The average molecular weight is 460 g/mol. The number of benzene rings is 1.